The van der Waals surface area contributed by atoms with Crippen LogP contribution in [0.3, 0.4) is 0 Å². The van der Waals surface area contributed by atoms with Gasteiger partial charge >= 0.3 is 0 Å². The van der Waals surface area contributed by atoms with Crippen LogP contribution < -0.4 is 10.1 Å². The van der Waals surface area contributed by atoms with Crippen LogP contribution in [0.2, 0.25) is 0 Å². The minimum Gasteiger partial charge on any atom is -0.491 e. The molecule has 1 unspecified atom stereocenters. The molecule has 5 heteroatoms. The lowest BCUT2D eigenvalue weighted by molar-refractivity contribution is 0.106. The molecule has 0 radical (unpaired) electrons. The molecule has 5 nitrogen and oxygen atoms in total. The number of aliphatic hydroxyl groups is 1. The zero-order chi connectivity index (χ0) is 17.5. The van der Waals surface area contributed by atoms with Gasteiger partial charge in [-0.15, -0.1) is 0 Å². The first kappa shape index (κ1) is 17.2. The smallest absolute Gasteiger partial charge is 0.119 e. The molecule has 3 rings (SSSR count). The van der Waals surface area contributed by atoms with Crippen LogP contribution in [0, 0.1) is 6.92 Å². The fourth-order valence-corrected chi connectivity index (χ4v) is 2.53. The molecule has 1 heterocycles. The fraction of sp³-hybridized carbons (Fsp3) is 0.250. The second-order valence-corrected chi connectivity index (χ2v) is 6.03. The van der Waals surface area contributed by atoms with Crippen LogP contribution in [-0.4, -0.2) is 34.1 Å². The summed E-state index contributed by atoms with van der Waals surface area (Å²) in [6, 6.07) is 17.9. The maximum atomic E-state index is 10.0. The first-order valence-corrected chi connectivity index (χ1v) is 8.38. The Morgan fingerprint density at radius 1 is 1.16 bits per heavy atom. The lowest BCUT2D eigenvalue weighted by Gasteiger charge is -2.14. The summed E-state index contributed by atoms with van der Waals surface area (Å²) in [5.41, 5.74) is 3.33. The molecule has 0 saturated carbocycles. The van der Waals surface area contributed by atoms with Gasteiger partial charge in [-0.3, -0.25) is 0 Å². The highest BCUT2D eigenvalue weighted by Gasteiger charge is 2.05. The Hall–Kier alpha value is -2.63. The normalized spacial score (nSPS) is 12.1. The van der Waals surface area contributed by atoms with E-state index in [1.165, 1.54) is 0 Å². The van der Waals surface area contributed by atoms with Gasteiger partial charge in [0.2, 0.25) is 0 Å². The molecule has 0 spiro atoms. The number of nitrogens with one attached hydrogen (secondary N) is 1. The number of aliphatic hydroxyl groups excluding tert-OH is 1. The van der Waals surface area contributed by atoms with E-state index in [-0.39, 0.29) is 6.61 Å². The first-order valence-electron chi connectivity index (χ1n) is 8.38. The van der Waals surface area contributed by atoms with E-state index < -0.39 is 6.10 Å². The number of benzene rings is 2. The lowest BCUT2D eigenvalue weighted by atomic mass is 10.2. The van der Waals surface area contributed by atoms with Crippen LogP contribution in [0.4, 0.5) is 0 Å². The SMILES string of the molecule is Cc1cccc(OCC(O)CNCc2ccc(-n3cccn3)cc2)c1. The maximum absolute atomic E-state index is 10.0. The molecule has 130 valence electrons. The zero-order valence-corrected chi connectivity index (χ0v) is 14.3. The van der Waals surface area contributed by atoms with E-state index in [0.717, 1.165) is 22.6 Å². The summed E-state index contributed by atoms with van der Waals surface area (Å²) in [7, 11) is 0. The van der Waals surface area contributed by atoms with Crippen LogP contribution >= 0.6 is 0 Å². The molecular formula is C20H23N3O2. The van der Waals surface area contributed by atoms with Gasteiger partial charge in [-0.25, -0.2) is 4.68 Å². The third-order valence-corrected chi connectivity index (χ3v) is 3.85. The average Bonchev–Trinajstić information content (AvgIpc) is 3.15. The molecule has 2 aromatic carbocycles. The molecule has 0 bridgehead atoms. The van der Waals surface area contributed by atoms with E-state index in [0.29, 0.717) is 13.1 Å². The van der Waals surface area contributed by atoms with Gasteiger partial charge in [0.15, 0.2) is 0 Å². The second-order valence-electron chi connectivity index (χ2n) is 6.03. The molecule has 0 fully saturated rings. The third kappa shape index (κ3) is 5.17. The Bertz CT molecular complexity index is 770. The number of ether oxygens (including phenoxy) is 1. The number of aryl methyl sites for hydroxylation is 1. The van der Waals surface area contributed by atoms with E-state index in [4.69, 9.17) is 4.74 Å². The van der Waals surface area contributed by atoms with Crippen molar-refractivity contribution >= 4 is 0 Å². The highest BCUT2D eigenvalue weighted by molar-refractivity contribution is 5.33. The van der Waals surface area contributed by atoms with Crippen LogP contribution in [0.15, 0.2) is 67.0 Å². The molecule has 3 aromatic rings. The molecule has 0 saturated heterocycles. The number of aromatic nitrogens is 2. The van der Waals surface area contributed by atoms with Gasteiger partial charge < -0.3 is 15.2 Å². The van der Waals surface area contributed by atoms with Crippen LogP contribution in [0.1, 0.15) is 11.1 Å². The van der Waals surface area contributed by atoms with Crippen LogP contribution in [-0.2, 0) is 6.54 Å². The van der Waals surface area contributed by atoms with Gasteiger partial charge in [0, 0.05) is 25.5 Å². The van der Waals surface area contributed by atoms with E-state index in [9.17, 15) is 5.11 Å². The molecule has 0 aliphatic heterocycles. The van der Waals surface area contributed by atoms with Gasteiger partial charge in [-0.1, -0.05) is 24.3 Å². The van der Waals surface area contributed by atoms with E-state index >= 15 is 0 Å². The van der Waals surface area contributed by atoms with Crippen molar-refractivity contribution < 1.29 is 9.84 Å². The quantitative estimate of drug-likeness (QED) is 0.663. The Morgan fingerprint density at radius 3 is 2.72 bits per heavy atom. The Morgan fingerprint density at radius 2 is 2.00 bits per heavy atom. The minimum atomic E-state index is -0.552. The van der Waals surface area contributed by atoms with Crippen molar-refractivity contribution in [3.8, 4) is 11.4 Å². The standard InChI is InChI=1S/C20H23N3O2/c1-16-4-2-5-20(12-16)25-15-19(24)14-21-13-17-6-8-18(9-7-17)23-11-3-10-22-23/h2-12,19,21,24H,13-15H2,1H3. The number of nitrogens with zero attached hydrogens (tertiary/aromatic N) is 2. The molecule has 0 amide bonds. The first-order chi connectivity index (χ1) is 12.2. The number of hydrogen-bond donors (Lipinski definition) is 2. The fourth-order valence-electron chi connectivity index (χ4n) is 2.53. The monoisotopic (exact) mass is 337 g/mol. The number of rotatable bonds is 8. The Labute approximate surface area is 147 Å². The molecule has 25 heavy (non-hydrogen) atoms. The van der Waals surface area contributed by atoms with E-state index in [1.54, 1.807) is 6.20 Å². The predicted octanol–water partition coefficient (Wildman–Crippen LogP) is 2.71. The molecule has 0 aliphatic rings. The van der Waals surface area contributed by atoms with Crippen molar-refractivity contribution in [3.05, 3.63) is 78.1 Å². The zero-order valence-electron chi connectivity index (χ0n) is 14.3. The van der Waals surface area contributed by atoms with Crippen LogP contribution in [0.5, 0.6) is 5.75 Å². The van der Waals surface area contributed by atoms with Crippen molar-refractivity contribution in [1.82, 2.24) is 15.1 Å². The lowest BCUT2D eigenvalue weighted by Crippen LogP contribution is -2.31. The molecular weight excluding hydrogens is 314 g/mol. The van der Waals surface area contributed by atoms with Gasteiger partial charge in [0.05, 0.1) is 5.69 Å². The van der Waals surface area contributed by atoms with Crippen LogP contribution in [0.25, 0.3) is 5.69 Å². The highest BCUT2D eigenvalue weighted by Crippen LogP contribution is 2.12. The summed E-state index contributed by atoms with van der Waals surface area (Å²) in [6.07, 6.45) is 3.12. The molecule has 1 aromatic heterocycles. The van der Waals surface area contributed by atoms with Gasteiger partial charge in [0.25, 0.3) is 0 Å². The van der Waals surface area contributed by atoms with Gasteiger partial charge in [-0.05, 0) is 48.4 Å². The summed E-state index contributed by atoms with van der Waals surface area (Å²) in [5, 5.41) is 17.5. The molecule has 0 aliphatic carbocycles. The third-order valence-electron chi connectivity index (χ3n) is 3.85. The predicted molar refractivity (Wildman–Crippen MR) is 98.0 cm³/mol. The second kappa shape index (κ2) is 8.46. The highest BCUT2D eigenvalue weighted by atomic mass is 16.5. The largest absolute Gasteiger partial charge is 0.491 e. The van der Waals surface area contributed by atoms with Crippen molar-refractivity contribution in [1.29, 1.82) is 0 Å². The number of hydrogen-bond acceptors (Lipinski definition) is 4. The maximum Gasteiger partial charge on any atom is 0.119 e. The van der Waals surface area contributed by atoms with E-state index in [2.05, 4.69) is 22.5 Å². The van der Waals surface area contributed by atoms with Crippen molar-refractivity contribution in [2.24, 2.45) is 0 Å². The van der Waals surface area contributed by atoms with Gasteiger partial charge in [0.1, 0.15) is 18.5 Å². The Balaban J connectivity index is 1.40. The Kier molecular flexibility index (Phi) is 5.82. The summed E-state index contributed by atoms with van der Waals surface area (Å²) in [5.74, 6) is 0.785. The summed E-state index contributed by atoms with van der Waals surface area (Å²) in [4.78, 5) is 0. The van der Waals surface area contributed by atoms with E-state index in [1.807, 2.05) is 60.3 Å². The van der Waals surface area contributed by atoms with Crippen molar-refractivity contribution in [2.45, 2.75) is 19.6 Å². The molecule has 1 atom stereocenters. The molecule has 2 N–H and O–H groups in total. The topological polar surface area (TPSA) is 59.3 Å². The summed E-state index contributed by atoms with van der Waals surface area (Å²) >= 11 is 0. The summed E-state index contributed by atoms with van der Waals surface area (Å²) < 4.78 is 7.43. The van der Waals surface area contributed by atoms with Crippen molar-refractivity contribution in [3.63, 3.8) is 0 Å². The summed E-state index contributed by atoms with van der Waals surface area (Å²) in [6.45, 7) is 3.46. The average molecular weight is 337 g/mol. The minimum absolute atomic E-state index is 0.273. The van der Waals surface area contributed by atoms with Crippen molar-refractivity contribution in [2.75, 3.05) is 13.2 Å². The van der Waals surface area contributed by atoms with Gasteiger partial charge in [-0.2, -0.15) is 5.10 Å².